The number of nitrogens with one attached hydrogen (secondary N) is 4. The van der Waals surface area contributed by atoms with Crippen molar-refractivity contribution in [3.8, 4) is 11.5 Å². The van der Waals surface area contributed by atoms with Crippen LogP contribution in [-0.2, 0) is 21.4 Å². The summed E-state index contributed by atoms with van der Waals surface area (Å²) >= 11 is 6.58. The normalized spacial score (nSPS) is 20.1. The van der Waals surface area contributed by atoms with Crippen LogP contribution in [0.15, 0.2) is 53.5 Å². The number of aryl methyl sites for hydroxylation is 1. The van der Waals surface area contributed by atoms with Crippen molar-refractivity contribution < 1.29 is 28.7 Å². The summed E-state index contributed by atoms with van der Waals surface area (Å²) in [7, 11) is 4.68. The van der Waals surface area contributed by atoms with Gasteiger partial charge in [0.1, 0.15) is 16.8 Å². The van der Waals surface area contributed by atoms with Crippen LogP contribution in [0.25, 0.3) is 10.9 Å². The Morgan fingerprint density at radius 3 is 2.42 bits per heavy atom. The van der Waals surface area contributed by atoms with E-state index in [2.05, 4.69) is 54.8 Å². The minimum Gasteiger partial charge on any atom is -0.496 e. The molecule has 3 fully saturated rings. The molecular formula is C42H51ClN10O7. The number of amides is 4. The van der Waals surface area contributed by atoms with E-state index in [-0.39, 0.29) is 54.7 Å². The van der Waals surface area contributed by atoms with Gasteiger partial charge in [0.25, 0.3) is 17.4 Å². The molecule has 3 aliphatic heterocycles. The third kappa shape index (κ3) is 9.26. The maximum absolute atomic E-state index is 13.1. The molecule has 0 bridgehead atoms. The average Bonchev–Trinajstić information content (AvgIpc) is 3.24. The summed E-state index contributed by atoms with van der Waals surface area (Å²) in [5, 5.41) is 11.9. The summed E-state index contributed by atoms with van der Waals surface area (Å²) < 4.78 is 12.6. The number of rotatable bonds is 12. The summed E-state index contributed by atoms with van der Waals surface area (Å²) in [6.07, 6.45) is 4.02. The lowest BCUT2D eigenvalue weighted by molar-refractivity contribution is -0.134. The van der Waals surface area contributed by atoms with Crippen LogP contribution in [0.5, 0.6) is 11.5 Å². The maximum Gasteiger partial charge on any atom is 0.293 e. The van der Waals surface area contributed by atoms with Gasteiger partial charge in [-0.15, -0.1) is 0 Å². The summed E-state index contributed by atoms with van der Waals surface area (Å²) in [6.45, 7) is 8.45. The van der Waals surface area contributed by atoms with E-state index in [1.807, 2.05) is 30.3 Å². The minimum atomic E-state index is -0.771. The highest BCUT2D eigenvalue weighted by atomic mass is 35.5. The summed E-state index contributed by atoms with van der Waals surface area (Å²) in [6, 6.07) is 12.5. The van der Waals surface area contributed by atoms with Crippen LogP contribution in [0.4, 0.5) is 23.1 Å². The van der Waals surface area contributed by atoms with Crippen LogP contribution in [0.3, 0.4) is 0 Å². The SMILES string of the molecule is CNC(=O)COc1cc2cc(Nc3nc(N4CCC(CN5[C@H](C)CN(c6ccc(C(=O)NC7CCC(=O)NC7=O)c(OC)c6)C[C@@H]5C)CC4)ncc3Cl)ccc2n(C)c1=O. The lowest BCUT2D eigenvalue weighted by Gasteiger charge is -2.47. The van der Waals surface area contributed by atoms with Gasteiger partial charge in [-0.25, -0.2) is 4.98 Å². The minimum absolute atomic E-state index is 0.0743. The zero-order valence-electron chi connectivity index (χ0n) is 34.4. The Kier molecular flexibility index (Phi) is 12.7. The van der Waals surface area contributed by atoms with Crippen LogP contribution < -0.4 is 46.1 Å². The molecule has 1 unspecified atom stereocenters. The highest BCUT2D eigenvalue weighted by molar-refractivity contribution is 6.33. The predicted octanol–water partition coefficient (Wildman–Crippen LogP) is 3.21. The molecule has 0 saturated carbocycles. The number of anilines is 4. The van der Waals surface area contributed by atoms with Gasteiger partial charge >= 0.3 is 0 Å². The van der Waals surface area contributed by atoms with E-state index in [0.717, 1.165) is 56.6 Å². The fraction of sp³-hybridized carbons (Fsp3) is 0.452. The van der Waals surface area contributed by atoms with Gasteiger partial charge in [-0.05, 0) is 75.4 Å². The second kappa shape index (κ2) is 18.1. The van der Waals surface area contributed by atoms with E-state index in [0.29, 0.717) is 45.2 Å². The molecule has 18 heteroatoms. The number of imide groups is 1. The van der Waals surface area contributed by atoms with E-state index in [9.17, 15) is 24.0 Å². The van der Waals surface area contributed by atoms with Crippen LogP contribution >= 0.6 is 11.6 Å². The molecule has 3 aliphatic rings. The number of benzene rings is 2. The highest BCUT2D eigenvalue weighted by Gasteiger charge is 2.34. The van der Waals surface area contributed by atoms with Gasteiger partial charge in [0, 0.05) is 88.2 Å². The molecule has 2 aromatic carbocycles. The molecule has 4 amide bonds. The standard InChI is InChI=1S/C42H51ClN10O7/c1-24-20-52(29-7-8-30(34(18-29)59-5)39(56)47-32-9-11-36(54)48-40(32)57)21-25(2)53(24)22-26-12-14-51(15-13-26)42-45-19-31(43)38(49-42)46-28-6-10-33-27(16-28)17-35(41(58)50(33)4)60-23-37(55)44-3/h6-8,10,16-19,24-26,32H,9,11-15,20-23H2,1-5H3,(H,44,55)(H,47,56)(H,45,46,49)(H,48,54,57)/t24-,25+,32?. The Bertz CT molecular complexity index is 2340. The first-order valence-corrected chi connectivity index (χ1v) is 20.5. The molecule has 7 rings (SSSR count). The fourth-order valence-corrected chi connectivity index (χ4v) is 8.40. The third-order valence-corrected chi connectivity index (χ3v) is 11.9. The zero-order valence-corrected chi connectivity index (χ0v) is 35.2. The molecule has 5 heterocycles. The summed E-state index contributed by atoms with van der Waals surface area (Å²) in [4.78, 5) is 77.9. The Morgan fingerprint density at radius 1 is 0.967 bits per heavy atom. The number of fused-ring (bicyclic) bond motifs is 1. The Balaban J connectivity index is 0.939. The largest absolute Gasteiger partial charge is 0.496 e. The Hall–Kier alpha value is -5.94. The summed E-state index contributed by atoms with van der Waals surface area (Å²) in [5.41, 5.74) is 2.35. The topological polar surface area (TPSA) is 192 Å². The van der Waals surface area contributed by atoms with Crippen LogP contribution in [0, 0.1) is 5.92 Å². The molecule has 4 aromatic rings. The molecule has 0 aliphatic carbocycles. The van der Waals surface area contributed by atoms with Crippen molar-refractivity contribution in [1.82, 2.24) is 35.4 Å². The van der Waals surface area contributed by atoms with Gasteiger partial charge in [0.05, 0.1) is 24.4 Å². The first-order chi connectivity index (χ1) is 28.8. The molecule has 3 saturated heterocycles. The molecule has 4 N–H and O–H groups in total. The molecule has 0 spiro atoms. The molecule has 318 valence electrons. The molecular weight excluding hydrogens is 792 g/mol. The van der Waals surface area contributed by atoms with E-state index < -0.39 is 17.9 Å². The zero-order chi connectivity index (χ0) is 42.7. The van der Waals surface area contributed by atoms with Crippen LogP contribution in [0.2, 0.25) is 5.02 Å². The maximum atomic E-state index is 13.1. The molecule has 3 atom stereocenters. The summed E-state index contributed by atoms with van der Waals surface area (Å²) in [5.74, 6) is 0.456. The van der Waals surface area contributed by atoms with Gasteiger partial charge in [0.2, 0.25) is 17.8 Å². The van der Waals surface area contributed by atoms with Crippen molar-refractivity contribution in [2.24, 2.45) is 13.0 Å². The number of ether oxygens (including phenoxy) is 2. The number of likely N-dealkylation sites (N-methyl/N-ethyl adjacent to an activating group) is 1. The number of carbonyl (C=O) groups is 4. The van der Waals surface area contributed by atoms with Crippen molar-refractivity contribution in [3.05, 3.63) is 69.6 Å². The number of piperazine rings is 1. The number of nitrogens with zero attached hydrogens (tertiary/aromatic N) is 6. The average molecular weight is 843 g/mol. The van der Waals surface area contributed by atoms with Gasteiger partial charge in [-0.1, -0.05) is 11.6 Å². The van der Waals surface area contributed by atoms with Crippen molar-refractivity contribution >= 4 is 69.3 Å². The van der Waals surface area contributed by atoms with Crippen LogP contribution in [-0.4, -0.2) is 115 Å². The second-order valence-electron chi connectivity index (χ2n) is 15.7. The van der Waals surface area contributed by atoms with Crippen LogP contribution in [0.1, 0.15) is 49.9 Å². The smallest absolute Gasteiger partial charge is 0.293 e. The Morgan fingerprint density at radius 2 is 1.72 bits per heavy atom. The van der Waals surface area contributed by atoms with E-state index in [1.165, 1.54) is 18.7 Å². The van der Waals surface area contributed by atoms with Crippen molar-refractivity contribution in [3.63, 3.8) is 0 Å². The number of piperidine rings is 2. The fourth-order valence-electron chi connectivity index (χ4n) is 8.26. The lowest BCUT2D eigenvalue weighted by atomic mass is 9.94. The molecule has 17 nitrogen and oxygen atoms in total. The number of aromatic nitrogens is 3. The van der Waals surface area contributed by atoms with Gasteiger partial charge in [0.15, 0.2) is 18.2 Å². The van der Waals surface area contributed by atoms with Crippen molar-refractivity contribution in [1.29, 1.82) is 0 Å². The molecule has 0 radical (unpaired) electrons. The van der Waals surface area contributed by atoms with Gasteiger partial charge in [-0.3, -0.25) is 34.2 Å². The quantitative estimate of drug-likeness (QED) is 0.152. The monoisotopic (exact) mass is 842 g/mol. The second-order valence-corrected chi connectivity index (χ2v) is 16.1. The number of hydrogen-bond donors (Lipinski definition) is 4. The van der Waals surface area contributed by atoms with Gasteiger partial charge in [-0.2, -0.15) is 4.98 Å². The molecule has 2 aromatic heterocycles. The van der Waals surface area contributed by atoms with Crippen molar-refractivity contribution in [2.45, 2.75) is 57.7 Å². The predicted molar refractivity (Wildman–Crippen MR) is 228 cm³/mol. The van der Waals surface area contributed by atoms with Crippen molar-refractivity contribution in [2.75, 3.05) is 68.6 Å². The first kappa shape index (κ1) is 42.2. The lowest BCUT2D eigenvalue weighted by Crippen LogP contribution is -2.58. The number of halogens is 1. The van der Waals surface area contributed by atoms with Gasteiger partial charge < -0.3 is 39.8 Å². The Labute approximate surface area is 352 Å². The number of hydrogen-bond acceptors (Lipinski definition) is 13. The molecule has 60 heavy (non-hydrogen) atoms. The highest BCUT2D eigenvalue weighted by Crippen LogP contribution is 2.32. The third-order valence-electron chi connectivity index (χ3n) is 11.6. The number of carbonyl (C=O) groups excluding carboxylic acids is 4. The van der Waals surface area contributed by atoms with E-state index in [1.54, 1.807) is 25.4 Å². The van der Waals surface area contributed by atoms with E-state index in [4.69, 9.17) is 26.1 Å². The number of methoxy groups -OCH3 is 1. The number of pyridine rings is 1. The first-order valence-electron chi connectivity index (χ1n) is 20.2. The van der Waals surface area contributed by atoms with E-state index >= 15 is 0 Å².